The summed E-state index contributed by atoms with van der Waals surface area (Å²) in [6.07, 6.45) is 8.45. The molecule has 2 N–H and O–H groups in total. The van der Waals surface area contributed by atoms with Crippen LogP contribution in [0.5, 0.6) is 0 Å². The van der Waals surface area contributed by atoms with Crippen molar-refractivity contribution in [2.24, 2.45) is 11.3 Å². The summed E-state index contributed by atoms with van der Waals surface area (Å²) in [5, 5.41) is 6.58. The van der Waals surface area contributed by atoms with Gasteiger partial charge in [0.05, 0.1) is 0 Å². The number of nitrogens with zero attached hydrogens (tertiary/aromatic N) is 1. The molecule has 0 radical (unpaired) electrons. The van der Waals surface area contributed by atoms with Crippen LogP contribution in [0.2, 0.25) is 0 Å². The van der Waals surface area contributed by atoms with Gasteiger partial charge < -0.3 is 15.5 Å². The molecule has 1 aliphatic heterocycles. The number of nitrogens with one attached hydrogen (secondary N) is 2. The molecular formula is C21H33N3O. The van der Waals surface area contributed by atoms with E-state index in [2.05, 4.69) is 39.8 Å². The molecule has 1 spiro atoms. The SMILES string of the molecule is CN(C)c1ccc(CNC(=O)CC2CCC3(CCNCC3)CC2)cc1. The number of hydrogen-bond acceptors (Lipinski definition) is 3. The van der Waals surface area contributed by atoms with Crippen molar-refractivity contribution in [1.29, 1.82) is 0 Å². The standard InChI is InChI=1S/C21H33N3O/c1-24(2)19-5-3-18(4-6-19)16-23-20(25)15-17-7-9-21(10-8-17)11-13-22-14-12-21/h3-6,17,22H,7-16H2,1-2H3,(H,23,25). The average molecular weight is 344 g/mol. The average Bonchev–Trinajstić information content (AvgIpc) is 2.63. The zero-order valence-corrected chi connectivity index (χ0v) is 15.8. The third-order valence-electron chi connectivity index (χ3n) is 6.25. The van der Waals surface area contributed by atoms with Crippen molar-refractivity contribution in [2.45, 2.75) is 51.5 Å². The van der Waals surface area contributed by atoms with Gasteiger partial charge in [0.1, 0.15) is 0 Å². The van der Waals surface area contributed by atoms with Crippen molar-refractivity contribution in [3.05, 3.63) is 29.8 Å². The van der Waals surface area contributed by atoms with Gasteiger partial charge in [0, 0.05) is 32.7 Å². The number of amides is 1. The lowest BCUT2D eigenvalue weighted by molar-refractivity contribution is -0.122. The molecule has 1 saturated carbocycles. The van der Waals surface area contributed by atoms with Crippen molar-refractivity contribution in [3.8, 4) is 0 Å². The summed E-state index contributed by atoms with van der Waals surface area (Å²) in [6, 6.07) is 8.39. The van der Waals surface area contributed by atoms with E-state index >= 15 is 0 Å². The van der Waals surface area contributed by atoms with E-state index in [4.69, 9.17) is 0 Å². The lowest BCUT2D eigenvalue weighted by Crippen LogP contribution is -2.39. The Morgan fingerprint density at radius 3 is 2.36 bits per heavy atom. The lowest BCUT2D eigenvalue weighted by atomic mass is 9.65. The first-order chi connectivity index (χ1) is 12.1. The third kappa shape index (κ3) is 4.97. The van der Waals surface area contributed by atoms with E-state index in [0.29, 0.717) is 24.3 Å². The van der Waals surface area contributed by atoms with E-state index in [-0.39, 0.29) is 5.91 Å². The number of benzene rings is 1. The maximum atomic E-state index is 12.3. The monoisotopic (exact) mass is 343 g/mol. The predicted octanol–water partition coefficient (Wildman–Crippen LogP) is 3.32. The van der Waals surface area contributed by atoms with Gasteiger partial charge in [0.2, 0.25) is 5.91 Å². The quantitative estimate of drug-likeness (QED) is 0.862. The molecule has 25 heavy (non-hydrogen) atoms. The van der Waals surface area contributed by atoms with Crippen LogP contribution in [0.3, 0.4) is 0 Å². The molecule has 3 rings (SSSR count). The molecule has 1 aliphatic carbocycles. The van der Waals surface area contributed by atoms with E-state index in [1.165, 1.54) is 57.3 Å². The van der Waals surface area contributed by atoms with E-state index in [1.807, 2.05) is 14.1 Å². The smallest absolute Gasteiger partial charge is 0.220 e. The molecule has 2 fully saturated rings. The third-order valence-corrected chi connectivity index (χ3v) is 6.25. The number of carbonyl (C=O) groups is 1. The highest BCUT2D eigenvalue weighted by Gasteiger charge is 2.36. The van der Waals surface area contributed by atoms with Crippen molar-refractivity contribution in [3.63, 3.8) is 0 Å². The molecule has 1 aromatic carbocycles. The molecule has 4 heteroatoms. The Bertz CT molecular complexity index is 551. The van der Waals surface area contributed by atoms with Crippen molar-refractivity contribution in [1.82, 2.24) is 10.6 Å². The van der Waals surface area contributed by atoms with Gasteiger partial charge in [0.25, 0.3) is 0 Å². The zero-order valence-electron chi connectivity index (χ0n) is 15.8. The first-order valence-corrected chi connectivity index (χ1v) is 9.80. The second-order valence-corrected chi connectivity index (χ2v) is 8.24. The van der Waals surface area contributed by atoms with Crippen molar-refractivity contribution in [2.75, 3.05) is 32.1 Å². The summed E-state index contributed by atoms with van der Waals surface area (Å²) in [4.78, 5) is 14.4. The largest absolute Gasteiger partial charge is 0.378 e. The molecule has 1 heterocycles. The van der Waals surface area contributed by atoms with Gasteiger partial charge in [-0.3, -0.25) is 4.79 Å². The van der Waals surface area contributed by atoms with Crippen LogP contribution in [0.1, 0.15) is 50.5 Å². The van der Waals surface area contributed by atoms with E-state index in [9.17, 15) is 4.79 Å². The number of carbonyl (C=O) groups excluding carboxylic acids is 1. The Balaban J connectivity index is 1.39. The molecule has 1 amide bonds. The summed E-state index contributed by atoms with van der Waals surface area (Å²) in [5.74, 6) is 0.791. The van der Waals surface area contributed by atoms with E-state index < -0.39 is 0 Å². The first kappa shape index (κ1) is 18.2. The highest BCUT2D eigenvalue weighted by molar-refractivity contribution is 5.76. The number of piperidine rings is 1. The van der Waals surface area contributed by atoms with Gasteiger partial charge in [-0.1, -0.05) is 12.1 Å². The van der Waals surface area contributed by atoms with Gasteiger partial charge in [-0.15, -0.1) is 0 Å². The second kappa shape index (κ2) is 8.22. The fraction of sp³-hybridized carbons (Fsp3) is 0.667. The molecule has 0 bridgehead atoms. The molecule has 1 aromatic rings. The number of rotatable bonds is 5. The van der Waals surface area contributed by atoms with Gasteiger partial charge >= 0.3 is 0 Å². The summed E-state index contributed by atoms with van der Waals surface area (Å²) in [6.45, 7) is 2.99. The Hall–Kier alpha value is -1.55. The van der Waals surface area contributed by atoms with Crippen LogP contribution in [0, 0.1) is 11.3 Å². The summed E-state index contributed by atoms with van der Waals surface area (Å²) < 4.78 is 0. The summed E-state index contributed by atoms with van der Waals surface area (Å²) in [5.41, 5.74) is 2.94. The minimum Gasteiger partial charge on any atom is -0.378 e. The Morgan fingerprint density at radius 1 is 1.12 bits per heavy atom. The van der Waals surface area contributed by atoms with Crippen molar-refractivity contribution >= 4 is 11.6 Å². The first-order valence-electron chi connectivity index (χ1n) is 9.80. The number of hydrogen-bond donors (Lipinski definition) is 2. The molecule has 1 saturated heterocycles. The molecule has 2 aliphatic rings. The Morgan fingerprint density at radius 2 is 1.76 bits per heavy atom. The van der Waals surface area contributed by atoms with Crippen LogP contribution in [0.4, 0.5) is 5.69 Å². The lowest BCUT2D eigenvalue weighted by Gasteiger charge is -2.43. The van der Waals surface area contributed by atoms with Crippen LogP contribution in [-0.2, 0) is 11.3 Å². The minimum absolute atomic E-state index is 0.211. The topological polar surface area (TPSA) is 44.4 Å². The molecular weight excluding hydrogens is 310 g/mol. The van der Waals surface area contributed by atoms with Gasteiger partial charge in [-0.2, -0.15) is 0 Å². The molecule has 0 aromatic heterocycles. The Kier molecular flexibility index (Phi) is 6.00. The molecule has 0 atom stereocenters. The van der Waals surface area contributed by atoms with Crippen LogP contribution in [-0.4, -0.2) is 33.1 Å². The summed E-state index contributed by atoms with van der Waals surface area (Å²) >= 11 is 0. The maximum absolute atomic E-state index is 12.3. The predicted molar refractivity (Wildman–Crippen MR) is 104 cm³/mol. The molecule has 0 unspecified atom stereocenters. The molecule has 138 valence electrons. The van der Waals surface area contributed by atoms with Crippen LogP contribution in [0.25, 0.3) is 0 Å². The molecule has 4 nitrogen and oxygen atoms in total. The summed E-state index contributed by atoms with van der Waals surface area (Å²) in [7, 11) is 4.07. The van der Waals surface area contributed by atoms with Gasteiger partial charge in [-0.05, 0) is 80.6 Å². The van der Waals surface area contributed by atoms with Crippen LogP contribution < -0.4 is 15.5 Å². The normalized spacial score (nSPS) is 20.4. The minimum atomic E-state index is 0.211. The Labute approximate surface area is 152 Å². The van der Waals surface area contributed by atoms with Crippen LogP contribution >= 0.6 is 0 Å². The highest BCUT2D eigenvalue weighted by Crippen LogP contribution is 2.45. The fourth-order valence-electron chi connectivity index (χ4n) is 4.40. The second-order valence-electron chi connectivity index (χ2n) is 8.24. The number of anilines is 1. The van der Waals surface area contributed by atoms with Crippen LogP contribution in [0.15, 0.2) is 24.3 Å². The highest BCUT2D eigenvalue weighted by atomic mass is 16.1. The zero-order chi connectivity index (χ0) is 17.7. The van der Waals surface area contributed by atoms with Crippen molar-refractivity contribution < 1.29 is 4.79 Å². The van der Waals surface area contributed by atoms with Gasteiger partial charge in [0.15, 0.2) is 0 Å². The fourth-order valence-corrected chi connectivity index (χ4v) is 4.40. The van der Waals surface area contributed by atoms with E-state index in [0.717, 1.165) is 5.56 Å². The van der Waals surface area contributed by atoms with Gasteiger partial charge in [-0.25, -0.2) is 0 Å². The maximum Gasteiger partial charge on any atom is 0.220 e. The van der Waals surface area contributed by atoms with E-state index in [1.54, 1.807) is 0 Å².